The monoisotopic (exact) mass is 296 g/mol. The van der Waals surface area contributed by atoms with Gasteiger partial charge in [0.2, 0.25) is 5.91 Å². The molecular formula is C14H20N2O3S. The van der Waals surface area contributed by atoms with E-state index < -0.39 is 9.84 Å². The van der Waals surface area contributed by atoms with Crippen molar-refractivity contribution < 1.29 is 13.2 Å². The molecular weight excluding hydrogens is 276 g/mol. The van der Waals surface area contributed by atoms with Crippen LogP contribution in [-0.2, 0) is 21.1 Å². The summed E-state index contributed by atoms with van der Waals surface area (Å²) in [6.45, 7) is 1.03. The van der Waals surface area contributed by atoms with Gasteiger partial charge in [0.25, 0.3) is 0 Å². The molecule has 1 aliphatic heterocycles. The maximum Gasteiger partial charge on any atom is 0.225 e. The van der Waals surface area contributed by atoms with E-state index in [1.165, 1.54) is 6.26 Å². The largest absolute Gasteiger partial charge is 0.384 e. The first-order valence-electron chi connectivity index (χ1n) is 6.73. The van der Waals surface area contributed by atoms with E-state index in [1.54, 1.807) is 0 Å². The Morgan fingerprint density at radius 1 is 1.40 bits per heavy atom. The lowest BCUT2D eigenvalue weighted by molar-refractivity contribution is -0.124. The maximum atomic E-state index is 12.0. The van der Waals surface area contributed by atoms with Crippen LogP contribution in [-0.4, -0.2) is 39.4 Å². The van der Waals surface area contributed by atoms with E-state index in [0.717, 1.165) is 17.7 Å². The fourth-order valence-electron chi connectivity index (χ4n) is 2.32. The minimum Gasteiger partial charge on any atom is -0.384 e. The van der Waals surface area contributed by atoms with Gasteiger partial charge in [0.1, 0.15) is 9.84 Å². The van der Waals surface area contributed by atoms with Crippen molar-refractivity contribution in [3.63, 3.8) is 0 Å². The summed E-state index contributed by atoms with van der Waals surface area (Å²) in [4.78, 5) is 12.0. The van der Waals surface area contributed by atoms with E-state index in [4.69, 9.17) is 0 Å². The molecule has 0 aromatic heterocycles. The molecule has 1 aliphatic rings. The van der Waals surface area contributed by atoms with Crippen LogP contribution < -0.4 is 10.6 Å². The SMILES string of the molecule is CS(=O)(=O)CCCNC(=O)C1CNc2ccccc2C1. The molecule has 0 spiro atoms. The van der Waals surface area contributed by atoms with Gasteiger partial charge in [-0.2, -0.15) is 0 Å². The number of anilines is 1. The summed E-state index contributed by atoms with van der Waals surface area (Å²) in [6, 6.07) is 7.96. The minimum absolute atomic E-state index is 0.0134. The summed E-state index contributed by atoms with van der Waals surface area (Å²) >= 11 is 0. The number of para-hydroxylation sites is 1. The molecule has 1 unspecified atom stereocenters. The van der Waals surface area contributed by atoms with Crippen molar-refractivity contribution in [2.24, 2.45) is 5.92 Å². The molecule has 1 atom stereocenters. The summed E-state index contributed by atoms with van der Waals surface area (Å²) in [5, 5.41) is 6.06. The standard InChI is InChI=1S/C14H20N2O3S/c1-20(18,19)8-4-7-15-14(17)12-9-11-5-2-3-6-13(11)16-10-12/h2-3,5-6,12,16H,4,7-10H2,1H3,(H,15,17). The molecule has 0 saturated heterocycles. The first kappa shape index (κ1) is 14.8. The lowest BCUT2D eigenvalue weighted by Gasteiger charge is -2.25. The molecule has 0 radical (unpaired) electrons. The van der Waals surface area contributed by atoms with Crippen molar-refractivity contribution in [3.05, 3.63) is 29.8 Å². The molecule has 1 heterocycles. The summed E-state index contributed by atoms with van der Waals surface area (Å²) in [7, 11) is -2.95. The Morgan fingerprint density at radius 2 is 2.15 bits per heavy atom. The predicted octanol–water partition coefficient (Wildman–Crippen LogP) is 0.822. The zero-order valence-electron chi connectivity index (χ0n) is 11.6. The Balaban J connectivity index is 1.80. The number of rotatable bonds is 5. The number of benzene rings is 1. The second kappa shape index (κ2) is 6.26. The van der Waals surface area contributed by atoms with Gasteiger partial charge < -0.3 is 10.6 Å². The normalized spacial score (nSPS) is 17.9. The fourth-order valence-corrected chi connectivity index (χ4v) is 2.99. The van der Waals surface area contributed by atoms with Crippen molar-refractivity contribution in [3.8, 4) is 0 Å². The van der Waals surface area contributed by atoms with Crippen LogP contribution in [0.4, 0.5) is 5.69 Å². The van der Waals surface area contributed by atoms with Gasteiger partial charge >= 0.3 is 0 Å². The second-order valence-electron chi connectivity index (χ2n) is 5.21. The lowest BCUT2D eigenvalue weighted by Crippen LogP contribution is -2.38. The number of carbonyl (C=O) groups excluding carboxylic acids is 1. The summed E-state index contributed by atoms with van der Waals surface area (Å²) in [6.07, 6.45) is 2.39. The van der Waals surface area contributed by atoms with Crippen LogP contribution in [0.1, 0.15) is 12.0 Å². The average molecular weight is 296 g/mol. The highest BCUT2D eigenvalue weighted by atomic mass is 32.2. The first-order valence-corrected chi connectivity index (χ1v) is 8.79. The quantitative estimate of drug-likeness (QED) is 0.789. The third-order valence-corrected chi connectivity index (χ3v) is 4.41. The average Bonchev–Trinajstić information content (AvgIpc) is 2.42. The zero-order valence-corrected chi connectivity index (χ0v) is 12.4. The Morgan fingerprint density at radius 3 is 2.90 bits per heavy atom. The van der Waals surface area contributed by atoms with Gasteiger partial charge in [-0.1, -0.05) is 18.2 Å². The molecule has 1 aromatic carbocycles. The van der Waals surface area contributed by atoms with Crippen LogP contribution in [0, 0.1) is 5.92 Å². The van der Waals surface area contributed by atoms with E-state index in [9.17, 15) is 13.2 Å². The number of amides is 1. The number of sulfone groups is 1. The summed E-state index contributed by atoms with van der Waals surface area (Å²) < 4.78 is 22.0. The van der Waals surface area contributed by atoms with Crippen LogP contribution in [0.5, 0.6) is 0 Å². The second-order valence-corrected chi connectivity index (χ2v) is 7.47. The molecule has 20 heavy (non-hydrogen) atoms. The lowest BCUT2D eigenvalue weighted by atomic mass is 9.93. The fraction of sp³-hybridized carbons (Fsp3) is 0.500. The Kier molecular flexibility index (Phi) is 4.65. The Hall–Kier alpha value is -1.56. The van der Waals surface area contributed by atoms with E-state index in [0.29, 0.717) is 19.5 Å². The maximum absolute atomic E-state index is 12.0. The van der Waals surface area contributed by atoms with Gasteiger partial charge in [-0.05, 0) is 24.5 Å². The number of hydrogen-bond acceptors (Lipinski definition) is 4. The molecule has 6 heteroatoms. The highest BCUT2D eigenvalue weighted by Crippen LogP contribution is 2.24. The zero-order chi connectivity index (χ0) is 14.6. The summed E-state index contributed by atoms with van der Waals surface area (Å²) in [5.74, 6) is 0.00241. The van der Waals surface area contributed by atoms with Crippen LogP contribution in [0.25, 0.3) is 0 Å². The molecule has 0 fully saturated rings. The van der Waals surface area contributed by atoms with Crippen LogP contribution in [0.3, 0.4) is 0 Å². The van der Waals surface area contributed by atoms with Crippen LogP contribution in [0.15, 0.2) is 24.3 Å². The van der Waals surface area contributed by atoms with Crippen molar-refractivity contribution in [2.75, 3.05) is 30.4 Å². The highest BCUT2D eigenvalue weighted by Gasteiger charge is 2.23. The third-order valence-electron chi connectivity index (χ3n) is 3.38. The van der Waals surface area contributed by atoms with Crippen molar-refractivity contribution in [2.45, 2.75) is 12.8 Å². The van der Waals surface area contributed by atoms with Gasteiger partial charge in [0.15, 0.2) is 0 Å². The van der Waals surface area contributed by atoms with Crippen molar-refractivity contribution >= 4 is 21.4 Å². The number of hydrogen-bond donors (Lipinski definition) is 2. The van der Waals surface area contributed by atoms with Crippen molar-refractivity contribution in [1.29, 1.82) is 0 Å². The van der Waals surface area contributed by atoms with Crippen LogP contribution in [0.2, 0.25) is 0 Å². The summed E-state index contributed by atoms with van der Waals surface area (Å²) in [5.41, 5.74) is 2.24. The smallest absolute Gasteiger partial charge is 0.225 e. The molecule has 0 aliphatic carbocycles. The van der Waals surface area contributed by atoms with Crippen molar-refractivity contribution in [1.82, 2.24) is 5.32 Å². The van der Waals surface area contributed by atoms with Gasteiger partial charge in [-0.3, -0.25) is 4.79 Å². The molecule has 1 amide bonds. The molecule has 2 N–H and O–H groups in total. The van der Waals surface area contributed by atoms with E-state index in [2.05, 4.69) is 10.6 Å². The minimum atomic E-state index is -2.95. The van der Waals surface area contributed by atoms with E-state index >= 15 is 0 Å². The van der Waals surface area contributed by atoms with Gasteiger partial charge in [0, 0.05) is 25.0 Å². The van der Waals surface area contributed by atoms with E-state index in [-0.39, 0.29) is 17.6 Å². The van der Waals surface area contributed by atoms with Crippen LogP contribution >= 0.6 is 0 Å². The van der Waals surface area contributed by atoms with Gasteiger partial charge in [-0.25, -0.2) is 8.42 Å². The van der Waals surface area contributed by atoms with Gasteiger partial charge in [0.05, 0.1) is 11.7 Å². The number of carbonyl (C=O) groups is 1. The highest BCUT2D eigenvalue weighted by molar-refractivity contribution is 7.90. The predicted molar refractivity (Wildman–Crippen MR) is 79.5 cm³/mol. The molecule has 110 valence electrons. The third kappa shape index (κ3) is 4.23. The number of fused-ring (bicyclic) bond motifs is 1. The molecule has 5 nitrogen and oxygen atoms in total. The molecule has 2 rings (SSSR count). The van der Waals surface area contributed by atoms with Gasteiger partial charge in [-0.15, -0.1) is 0 Å². The Bertz CT molecular complexity index is 584. The Labute approximate surface area is 119 Å². The topological polar surface area (TPSA) is 75.3 Å². The van der Waals surface area contributed by atoms with E-state index in [1.807, 2.05) is 24.3 Å². The first-order chi connectivity index (χ1) is 9.46. The number of nitrogens with one attached hydrogen (secondary N) is 2. The molecule has 0 saturated carbocycles. The molecule has 1 aromatic rings. The molecule has 0 bridgehead atoms.